The van der Waals surface area contributed by atoms with E-state index in [0.29, 0.717) is 16.9 Å². The predicted octanol–water partition coefficient (Wildman–Crippen LogP) is 5.18. The Labute approximate surface area is 179 Å². The van der Waals surface area contributed by atoms with Crippen LogP contribution in [0, 0.1) is 0 Å². The molecular weight excluding hydrogens is 490 g/mol. The second-order valence-corrected chi connectivity index (χ2v) is 7.89. The number of phenolic OH excluding ortho intramolecular Hbond substituents is 1. The Hall–Kier alpha value is -2.38. The van der Waals surface area contributed by atoms with Gasteiger partial charge in [0.05, 0.1) is 17.8 Å². The fourth-order valence-corrected chi connectivity index (χ4v) is 3.62. The summed E-state index contributed by atoms with van der Waals surface area (Å²) in [6.07, 6.45) is 1.51. The van der Waals surface area contributed by atoms with Crippen molar-refractivity contribution in [2.24, 2.45) is 0 Å². The van der Waals surface area contributed by atoms with Crippen molar-refractivity contribution in [1.29, 1.82) is 0 Å². The van der Waals surface area contributed by atoms with Crippen LogP contribution >= 0.6 is 31.9 Å². The van der Waals surface area contributed by atoms with Crippen molar-refractivity contribution in [2.45, 2.75) is 13.8 Å². The number of amides is 1. The van der Waals surface area contributed by atoms with E-state index in [1.807, 2.05) is 12.1 Å². The average molecular weight is 507 g/mol. The first-order valence-electron chi connectivity index (χ1n) is 8.52. The number of hydrogen-bond donors (Lipinski definition) is 1. The highest BCUT2D eigenvalue weighted by Crippen LogP contribution is 2.37. The summed E-state index contributed by atoms with van der Waals surface area (Å²) in [6.45, 7) is 3.60. The highest BCUT2D eigenvalue weighted by Gasteiger charge is 2.38. The minimum atomic E-state index is -0.575. The van der Waals surface area contributed by atoms with Gasteiger partial charge in [-0.25, -0.2) is 4.79 Å². The Balaban J connectivity index is 2.16. The summed E-state index contributed by atoms with van der Waals surface area (Å²) in [5, 5.41) is 10.2. The number of rotatable bonds is 4. The highest BCUT2D eigenvalue weighted by atomic mass is 79.9. The molecule has 5 nitrogen and oxygen atoms in total. The maximum absolute atomic E-state index is 13.2. The maximum Gasteiger partial charge on any atom is 0.340 e. The first-order chi connectivity index (χ1) is 13.3. The van der Waals surface area contributed by atoms with Crippen LogP contribution in [0.1, 0.15) is 19.4 Å². The summed E-state index contributed by atoms with van der Waals surface area (Å²) in [6, 6.07) is 12.1. The molecule has 1 aliphatic heterocycles. The van der Waals surface area contributed by atoms with Crippen LogP contribution in [-0.2, 0) is 14.3 Å². The molecular formula is C21H17Br2NO4. The molecule has 28 heavy (non-hydrogen) atoms. The molecule has 3 rings (SSSR count). The minimum absolute atomic E-state index is 0.00598. The summed E-state index contributed by atoms with van der Waals surface area (Å²) < 4.78 is 6.80. The zero-order chi connectivity index (χ0) is 20.4. The van der Waals surface area contributed by atoms with Gasteiger partial charge in [-0.3, -0.25) is 9.69 Å². The molecule has 0 spiro atoms. The van der Waals surface area contributed by atoms with Crippen molar-refractivity contribution in [3.63, 3.8) is 0 Å². The standard InChI is InChI=1S/C21H17Br2NO4/c1-3-28-21(27)19-12(2)24(16-7-4-14(22)5-8-16)20(26)17(19)11-13-10-15(23)6-9-18(13)25/h4-11,25H,3H2,1-2H3/b17-11-. The van der Waals surface area contributed by atoms with Crippen LogP contribution in [0.5, 0.6) is 5.75 Å². The van der Waals surface area contributed by atoms with Crippen LogP contribution in [0.2, 0.25) is 0 Å². The number of carbonyl (C=O) groups is 2. The van der Waals surface area contributed by atoms with Gasteiger partial charge in [0.25, 0.3) is 5.91 Å². The van der Waals surface area contributed by atoms with Gasteiger partial charge in [-0.15, -0.1) is 0 Å². The van der Waals surface area contributed by atoms with Crippen molar-refractivity contribution in [1.82, 2.24) is 0 Å². The second kappa shape index (κ2) is 8.32. The summed E-state index contributed by atoms with van der Waals surface area (Å²) >= 11 is 6.73. The van der Waals surface area contributed by atoms with Crippen LogP contribution in [-0.4, -0.2) is 23.6 Å². The Kier molecular flexibility index (Phi) is 6.05. The van der Waals surface area contributed by atoms with E-state index < -0.39 is 5.97 Å². The largest absolute Gasteiger partial charge is 0.507 e. The number of phenols is 1. The zero-order valence-corrected chi connectivity index (χ0v) is 18.4. The molecule has 1 heterocycles. The monoisotopic (exact) mass is 505 g/mol. The van der Waals surface area contributed by atoms with Gasteiger partial charge >= 0.3 is 5.97 Å². The second-order valence-electron chi connectivity index (χ2n) is 6.06. The van der Waals surface area contributed by atoms with E-state index in [2.05, 4.69) is 31.9 Å². The molecule has 0 radical (unpaired) electrons. The van der Waals surface area contributed by atoms with Gasteiger partial charge in [-0.05, 0) is 62.4 Å². The summed E-state index contributed by atoms with van der Waals surface area (Å²) in [5.41, 5.74) is 1.90. The van der Waals surface area contributed by atoms with Crippen molar-refractivity contribution in [3.05, 3.63) is 73.8 Å². The van der Waals surface area contributed by atoms with E-state index in [1.54, 1.807) is 38.1 Å². The molecule has 0 saturated heterocycles. The Bertz CT molecular complexity index is 1010. The topological polar surface area (TPSA) is 66.8 Å². The molecule has 0 atom stereocenters. The third-order valence-electron chi connectivity index (χ3n) is 4.25. The van der Waals surface area contributed by atoms with Crippen LogP contribution in [0.4, 0.5) is 5.69 Å². The SMILES string of the molecule is CCOC(=O)C1=C(C)N(c2ccc(Br)cc2)C(=O)/C1=C\c1cc(Br)ccc1O. The van der Waals surface area contributed by atoms with Gasteiger partial charge in [-0.2, -0.15) is 0 Å². The number of aromatic hydroxyl groups is 1. The van der Waals surface area contributed by atoms with Crippen LogP contribution in [0.3, 0.4) is 0 Å². The lowest BCUT2D eigenvalue weighted by molar-refractivity contribution is -0.138. The predicted molar refractivity (Wildman–Crippen MR) is 115 cm³/mol. The molecule has 0 fully saturated rings. The van der Waals surface area contributed by atoms with Crippen molar-refractivity contribution in [2.75, 3.05) is 11.5 Å². The molecule has 1 aliphatic rings. The molecule has 0 aliphatic carbocycles. The van der Waals surface area contributed by atoms with E-state index in [1.165, 1.54) is 17.0 Å². The summed E-state index contributed by atoms with van der Waals surface area (Å²) in [5.74, 6) is -0.928. The van der Waals surface area contributed by atoms with E-state index in [-0.39, 0.29) is 29.4 Å². The number of hydrogen-bond acceptors (Lipinski definition) is 4. The van der Waals surface area contributed by atoms with E-state index >= 15 is 0 Å². The number of esters is 1. The molecule has 0 bridgehead atoms. The quantitative estimate of drug-likeness (QED) is 0.458. The number of anilines is 1. The van der Waals surface area contributed by atoms with Crippen LogP contribution in [0.15, 0.2) is 68.3 Å². The molecule has 2 aromatic carbocycles. The first kappa shape index (κ1) is 20.4. The lowest BCUT2D eigenvalue weighted by Gasteiger charge is -2.18. The minimum Gasteiger partial charge on any atom is -0.507 e. The number of halogens is 2. The number of ether oxygens (including phenoxy) is 1. The van der Waals surface area contributed by atoms with Gasteiger partial charge in [0, 0.05) is 25.9 Å². The molecule has 2 aromatic rings. The van der Waals surface area contributed by atoms with Crippen LogP contribution in [0.25, 0.3) is 6.08 Å². The maximum atomic E-state index is 13.2. The third kappa shape index (κ3) is 3.91. The fourth-order valence-electron chi connectivity index (χ4n) is 2.98. The van der Waals surface area contributed by atoms with Crippen molar-refractivity contribution >= 4 is 55.5 Å². The molecule has 1 N–H and O–H groups in total. The number of carbonyl (C=O) groups excluding carboxylic acids is 2. The number of nitrogens with zero attached hydrogens (tertiary/aromatic N) is 1. The van der Waals surface area contributed by atoms with E-state index in [0.717, 1.165) is 8.95 Å². The smallest absolute Gasteiger partial charge is 0.340 e. The first-order valence-corrected chi connectivity index (χ1v) is 10.1. The molecule has 0 aromatic heterocycles. The van der Waals surface area contributed by atoms with Crippen LogP contribution < -0.4 is 4.90 Å². The number of benzene rings is 2. The van der Waals surface area contributed by atoms with E-state index in [4.69, 9.17) is 4.74 Å². The molecule has 7 heteroatoms. The summed E-state index contributed by atoms with van der Waals surface area (Å²) in [7, 11) is 0. The average Bonchev–Trinajstić information content (AvgIpc) is 2.89. The lowest BCUT2D eigenvalue weighted by Crippen LogP contribution is -2.24. The van der Waals surface area contributed by atoms with Gasteiger partial charge in [-0.1, -0.05) is 31.9 Å². The molecule has 0 saturated carbocycles. The van der Waals surface area contributed by atoms with Crippen molar-refractivity contribution in [3.8, 4) is 5.75 Å². The normalized spacial score (nSPS) is 15.5. The van der Waals surface area contributed by atoms with Gasteiger partial charge in [0.15, 0.2) is 0 Å². The Morgan fingerprint density at radius 2 is 1.79 bits per heavy atom. The van der Waals surface area contributed by atoms with Gasteiger partial charge in [0.2, 0.25) is 0 Å². The Morgan fingerprint density at radius 3 is 2.43 bits per heavy atom. The number of allylic oxidation sites excluding steroid dienone is 1. The highest BCUT2D eigenvalue weighted by molar-refractivity contribution is 9.10. The van der Waals surface area contributed by atoms with Crippen molar-refractivity contribution < 1.29 is 19.4 Å². The fraction of sp³-hybridized carbons (Fsp3) is 0.143. The molecule has 1 amide bonds. The third-order valence-corrected chi connectivity index (χ3v) is 5.28. The van der Waals surface area contributed by atoms with Gasteiger partial charge < -0.3 is 9.84 Å². The van der Waals surface area contributed by atoms with Gasteiger partial charge in [0.1, 0.15) is 5.75 Å². The zero-order valence-electron chi connectivity index (χ0n) is 15.2. The molecule has 144 valence electrons. The lowest BCUT2D eigenvalue weighted by atomic mass is 10.0. The summed E-state index contributed by atoms with van der Waals surface area (Å²) in [4.78, 5) is 27.3. The Morgan fingerprint density at radius 1 is 1.14 bits per heavy atom. The molecule has 0 unspecified atom stereocenters. The van der Waals surface area contributed by atoms with E-state index in [9.17, 15) is 14.7 Å².